The fourth-order valence-electron chi connectivity index (χ4n) is 2.72. The third kappa shape index (κ3) is 5.83. The minimum absolute atomic E-state index is 0.0448. The lowest BCUT2D eigenvalue weighted by molar-refractivity contribution is -0.127. The highest BCUT2D eigenvalue weighted by Gasteiger charge is 2.16. The van der Waals surface area contributed by atoms with Gasteiger partial charge in [-0.15, -0.1) is 0 Å². The molecule has 1 aromatic carbocycles. The fourth-order valence-corrected chi connectivity index (χ4v) is 2.72. The maximum absolute atomic E-state index is 13.7. The van der Waals surface area contributed by atoms with Crippen molar-refractivity contribution in [2.45, 2.75) is 38.1 Å². The topological polar surface area (TPSA) is 56.7 Å². The molecule has 0 spiro atoms. The summed E-state index contributed by atoms with van der Waals surface area (Å²) in [7, 11) is 3.43. The normalized spacial score (nSPS) is 15.4. The number of rotatable bonds is 6. The number of carbonyl (C=O) groups is 1. The largest absolute Gasteiger partial charge is 0.356 e. The summed E-state index contributed by atoms with van der Waals surface area (Å²) in [5.41, 5.74) is 0.676. The predicted octanol–water partition coefficient (Wildman–Crippen LogP) is 1.93. The van der Waals surface area contributed by atoms with E-state index in [0.717, 1.165) is 12.8 Å². The molecule has 0 unspecified atom stereocenters. The number of halogens is 1. The highest BCUT2D eigenvalue weighted by Crippen LogP contribution is 2.17. The van der Waals surface area contributed by atoms with E-state index in [2.05, 4.69) is 15.6 Å². The molecule has 1 saturated carbocycles. The van der Waals surface area contributed by atoms with Gasteiger partial charge in [0.1, 0.15) is 12.4 Å². The molecule has 132 valence electrons. The van der Waals surface area contributed by atoms with Gasteiger partial charge in [-0.05, 0) is 30.9 Å². The van der Waals surface area contributed by atoms with Crippen molar-refractivity contribution in [3.05, 3.63) is 35.6 Å². The average Bonchev–Trinajstić information content (AvgIpc) is 3.06. The molecule has 5 nitrogen and oxygen atoms in total. The highest BCUT2D eigenvalue weighted by atomic mass is 19.1. The monoisotopic (exact) mass is 334 g/mol. The second-order valence-electron chi connectivity index (χ2n) is 6.35. The van der Waals surface area contributed by atoms with Crippen molar-refractivity contribution in [1.29, 1.82) is 0 Å². The van der Waals surface area contributed by atoms with Crippen LogP contribution in [0.4, 0.5) is 4.39 Å². The van der Waals surface area contributed by atoms with Crippen LogP contribution in [0.1, 0.15) is 31.2 Å². The summed E-state index contributed by atoms with van der Waals surface area (Å²) in [5, 5.41) is 6.60. The Balaban J connectivity index is 1.90. The Hall–Kier alpha value is -2.11. The first-order valence-electron chi connectivity index (χ1n) is 8.54. The number of benzene rings is 1. The molecule has 0 radical (unpaired) electrons. The van der Waals surface area contributed by atoms with Crippen LogP contribution in [0.3, 0.4) is 0 Å². The standard InChI is InChI=1S/C18H27FN4O/c1-23(2)17(24)13-21-18(22-15-8-4-5-9-15)20-12-11-14-7-3-6-10-16(14)19/h3,6-7,10,15H,4-5,8-9,11-13H2,1-2H3,(H2,20,21,22). The maximum atomic E-state index is 13.7. The Morgan fingerprint density at radius 2 is 2.00 bits per heavy atom. The number of hydrogen-bond donors (Lipinski definition) is 2. The van der Waals surface area contributed by atoms with Gasteiger partial charge in [-0.25, -0.2) is 9.38 Å². The van der Waals surface area contributed by atoms with Crippen molar-refractivity contribution in [2.75, 3.05) is 27.2 Å². The molecule has 1 amide bonds. The zero-order valence-corrected chi connectivity index (χ0v) is 14.5. The van der Waals surface area contributed by atoms with Crippen LogP contribution in [-0.4, -0.2) is 50.0 Å². The first kappa shape index (κ1) is 18.2. The van der Waals surface area contributed by atoms with Crippen LogP contribution >= 0.6 is 0 Å². The van der Waals surface area contributed by atoms with Crippen LogP contribution in [0.5, 0.6) is 0 Å². The molecule has 0 heterocycles. The molecule has 2 rings (SSSR count). The number of aliphatic imine (C=N–C) groups is 1. The minimum atomic E-state index is -0.190. The lowest BCUT2D eigenvalue weighted by atomic mass is 10.1. The number of amides is 1. The van der Waals surface area contributed by atoms with Crippen molar-refractivity contribution < 1.29 is 9.18 Å². The first-order chi connectivity index (χ1) is 11.6. The summed E-state index contributed by atoms with van der Waals surface area (Å²) in [6.45, 7) is 0.671. The first-order valence-corrected chi connectivity index (χ1v) is 8.54. The van der Waals surface area contributed by atoms with Crippen molar-refractivity contribution >= 4 is 11.9 Å². The molecule has 1 aromatic rings. The molecule has 1 fully saturated rings. The van der Waals surface area contributed by atoms with Crippen molar-refractivity contribution in [3.8, 4) is 0 Å². The van der Waals surface area contributed by atoms with Gasteiger partial charge in [0.15, 0.2) is 5.96 Å². The summed E-state index contributed by atoms with van der Waals surface area (Å²) in [6, 6.07) is 7.18. The summed E-state index contributed by atoms with van der Waals surface area (Å²) in [6.07, 6.45) is 5.25. The molecule has 2 N–H and O–H groups in total. The van der Waals surface area contributed by atoms with Gasteiger partial charge in [-0.1, -0.05) is 31.0 Å². The number of likely N-dealkylation sites (N-methyl/N-ethyl adjacent to an activating group) is 1. The molecule has 0 saturated heterocycles. The molecule has 1 aliphatic rings. The quantitative estimate of drug-likeness (QED) is 0.617. The maximum Gasteiger partial charge on any atom is 0.243 e. The van der Waals surface area contributed by atoms with E-state index in [-0.39, 0.29) is 18.3 Å². The summed E-state index contributed by atoms with van der Waals surface area (Å²) in [4.78, 5) is 17.6. The summed E-state index contributed by atoms with van der Waals surface area (Å²) < 4.78 is 13.7. The Morgan fingerprint density at radius 3 is 2.67 bits per heavy atom. The predicted molar refractivity (Wildman–Crippen MR) is 94.5 cm³/mol. The molecular weight excluding hydrogens is 307 g/mol. The van der Waals surface area contributed by atoms with E-state index in [1.165, 1.54) is 23.8 Å². The Morgan fingerprint density at radius 1 is 1.29 bits per heavy atom. The van der Waals surface area contributed by atoms with Gasteiger partial charge in [0.05, 0.1) is 0 Å². The Labute approximate surface area is 143 Å². The lowest BCUT2D eigenvalue weighted by Crippen LogP contribution is -2.43. The third-order valence-corrected chi connectivity index (χ3v) is 4.21. The van der Waals surface area contributed by atoms with Gasteiger partial charge in [0.2, 0.25) is 5.91 Å². The van der Waals surface area contributed by atoms with E-state index in [4.69, 9.17) is 0 Å². The van der Waals surface area contributed by atoms with Crippen LogP contribution < -0.4 is 10.6 Å². The van der Waals surface area contributed by atoms with Gasteiger partial charge in [-0.3, -0.25) is 4.79 Å². The molecule has 1 aliphatic carbocycles. The molecule has 0 atom stereocenters. The second-order valence-corrected chi connectivity index (χ2v) is 6.35. The van der Waals surface area contributed by atoms with Crippen molar-refractivity contribution in [1.82, 2.24) is 15.5 Å². The smallest absolute Gasteiger partial charge is 0.243 e. The Bertz CT molecular complexity index is 568. The molecule has 0 aliphatic heterocycles. The van der Waals surface area contributed by atoms with E-state index >= 15 is 0 Å². The van der Waals surface area contributed by atoms with Crippen LogP contribution in [-0.2, 0) is 11.2 Å². The summed E-state index contributed by atoms with van der Waals surface area (Å²) in [5.74, 6) is 0.398. The second kappa shape index (κ2) is 9.25. The molecule has 0 bridgehead atoms. The zero-order valence-electron chi connectivity index (χ0n) is 14.5. The van der Waals surface area contributed by atoms with E-state index in [0.29, 0.717) is 30.5 Å². The summed E-state index contributed by atoms with van der Waals surface area (Å²) >= 11 is 0. The van der Waals surface area contributed by atoms with Crippen LogP contribution in [0, 0.1) is 5.82 Å². The van der Waals surface area contributed by atoms with E-state index in [9.17, 15) is 9.18 Å². The van der Waals surface area contributed by atoms with Crippen LogP contribution in [0.2, 0.25) is 0 Å². The fraction of sp³-hybridized carbons (Fsp3) is 0.556. The molecular formula is C18H27FN4O. The van der Waals surface area contributed by atoms with Crippen molar-refractivity contribution in [2.24, 2.45) is 4.99 Å². The third-order valence-electron chi connectivity index (χ3n) is 4.21. The van der Waals surface area contributed by atoms with Crippen molar-refractivity contribution in [3.63, 3.8) is 0 Å². The van der Waals surface area contributed by atoms with Gasteiger partial charge in [-0.2, -0.15) is 0 Å². The van der Waals surface area contributed by atoms with Gasteiger partial charge in [0, 0.05) is 26.7 Å². The van der Waals surface area contributed by atoms with Gasteiger partial charge >= 0.3 is 0 Å². The number of hydrogen-bond acceptors (Lipinski definition) is 2. The SMILES string of the molecule is CN(C)C(=O)CN=C(NCCc1ccccc1F)NC1CCCC1. The Kier molecular flexibility index (Phi) is 7.03. The highest BCUT2D eigenvalue weighted by molar-refractivity contribution is 5.84. The van der Waals surface area contributed by atoms with Crippen LogP contribution in [0.15, 0.2) is 29.3 Å². The number of nitrogens with one attached hydrogen (secondary N) is 2. The van der Waals surface area contributed by atoms with Gasteiger partial charge < -0.3 is 15.5 Å². The lowest BCUT2D eigenvalue weighted by Gasteiger charge is -2.18. The molecule has 6 heteroatoms. The van der Waals surface area contributed by atoms with E-state index in [1.807, 2.05) is 6.07 Å². The van der Waals surface area contributed by atoms with Gasteiger partial charge in [0.25, 0.3) is 0 Å². The van der Waals surface area contributed by atoms with E-state index in [1.54, 1.807) is 26.2 Å². The number of nitrogens with zero attached hydrogens (tertiary/aromatic N) is 2. The minimum Gasteiger partial charge on any atom is -0.356 e. The number of carbonyl (C=O) groups excluding carboxylic acids is 1. The molecule has 24 heavy (non-hydrogen) atoms. The molecule has 0 aromatic heterocycles. The van der Waals surface area contributed by atoms with E-state index < -0.39 is 0 Å². The average molecular weight is 334 g/mol. The zero-order chi connectivity index (χ0) is 17.4. The number of guanidine groups is 1. The van der Waals surface area contributed by atoms with Crippen LogP contribution in [0.25, 0.3) is 0 Å².